The second kappa shape index (κ2) is 7.52. The molecule has 9 heteroatoms. The second-order valence-corrected chi connectivity index (χ2v) is 7.14. The molecular weight excluding hydrogens is 424 g/mol. The zero-order chi connectivity index (χ0) is 22.4. The Hall–Kier alpha value is -4.14. The number of fused-ring (bicyclic) bond motifs is 1. The number of furan rings is 1. The molecule has 2 aromatic carbocycles. The predicted molar refractivity (Wildman–Crippen MR) is 107 cm³/mol. The average Bonchev–Trinajstić information content (AvgIpc) is 3.40. The number of ether oxygens (including phenoxy) is 2. The number of aliphatic hydroxyl groups excluding tert-OH is 1. The largest absolute Gasteiger partial charge is 0.507 e. The molecule has 1 unspecified atom stereocenters. The van der Waals surface area contributed by atoms with Gasteiger partial charge in [-0.1, -0.05) is 0 Å². The summed E-state index contributed by atoms with van der Waals surface area (Å²) in [5, 5.41) is 11.0. The third-order valence-corrected chi connectivity index (χ3v) is 5.24. The number of carbonyl (C=O) groups excluding carboxylic acids is 2. The highest BCUT2D eigenvalue weighted by molar-refractivity contribution is 6.51. The molecule has 1 aromatic heterocycles. The van der Waals surface area contributed by atoms with E-state index in [1.165, 1.54) is 30.5 Å². The summed E-state index contributed by atoms with van der Waals surface area (Å²) in [6.07, 6.45) is 1.32. The van der Waals surface area contributed by atoms with E-state index in [-0.39, 0.29) is 22.6 Å². The molecular formula is C23H15F2NO6. The summed E-state index contributed by atoms with van der Waals surface area (Å²) in [5.41, 5.74) is -0.426. The van der Waals surface area contributed by atoms with Crippen LogP contribution in [0.25, 0.3) is 5.76 Å². The van der Waals surface area contributed by atoms with Crippen molar-refractivity contribution in [2.75, 3.05) is 18.1 Å². The van der Waals surface area contributed by atoms with Gasteiger partial charge in [-0.05, 0) is 42.5 Å². The van der Waals surface area contributed by atoms with Crippen LogP contribution in [0.4, 0.5) is 14.5 Å². The summed E-state index contributed by atoms with van der Waals surface area (Å²) < 4.78 is 44.4. The van der Waals surface area contributed by atoms with E-state index in [9.17, 15) is 23.5 Å². The normalized spacial score (nSPS) is 19.4. The lowest BCUT2D eigenvalue weighted by Crippen LogP contribution is -2.30. The molecule has 0 saturated carbocycles. The molecule has 1 saturated heterocycles. The minimum atomic E-state index is -1.27. The van der Waals surface area contributed by atoms with Gasteiger partial charge in [-0.15, -0.1) is 0 Å². The first kappa shape index (κ1) is 19.8. The van der Waals surface area contributed by atoms with Crippen LogP contribution in [-0.2, 0) is 9.59 Å². The fraction of sp³-hybridized carbons (Fsp3) is 0.130. The van der Waals surface area contributed by atoms with Crippen molar-refractivity contribution in [2.24, 2.45) is 0 Å². The number of Topliss-reactive ketones (excluding diaryl/α,β-unsaturated/α-hetero) is 1. The molecule has 2 aliphatic rings. The van der Waals surface area contributed by atoms with Crippen LogP contribution in [0.15, 0.2) is 64.8 Å². The molecule has 32 heavy (non-hydrogen) atoms. The Balaban J connectivity index is 1.68. The van der Waals surface area contributed by atoms with Crippen molar-refractivity contribution >= 4 is 23.1 Å². The van der Waals surface area contributed by atoms with Crippen LogP contribution >= 0.6 is 0 Å². The van der Waals surface area contributed by atoms with Crippen molar-refractivity contribution < 1.29 is 37.4 Å². The lowest BCUT2D eigenvalue weighted by Gasteiger charge is -2.24. The first-order valence-corrected chi connectivity index (χ1v) is 9.65. The Labute approximate surface area is 180 Å². The van der Waals surface area contributed by atoms with Crippen molar-refractivity contribution in [3.8, 4) is 11.5 Å². The standard InChI is InChI=1S/C23H15F2NO6/c24-13-4-5-15(14(25)11-13)26-20(17-2-1-7-30-17)19(22(28)23(26)29)21(27)12-3-6-16-18(10-12)32-9-8-31-16/h1-7,10-11,20,27H,8-9H2/b21-19-. The highest BCUT2D eigenvalue weighted by atomic mass is 19.1. The van der Waals surface area contributed by atoms with Gasteiger partial charge in [-0.25, -0.2) is 8.78 Å². The summed E-state index contributed by atoms with van der Waals surface area (Å²) in [5.74, 6) is -3.54. The number of carbonyl (C=O) groups is 2. The lowest BCUT2D eigenvalue weighted by molar-refractivity contribution is -0.132. The Morgan fingerprint density at radius 1 is 1.00 bits per heavy atom. The molecule has 5 rings (SSSR count). The van der Waals surface area contributed by atoms with Gasteiger partial charge < -0.3 is 19.0 Å². The molecule has 1 N–H and O–H groups in total. The SMILES string of the molecule is O=C1C(=O)N(c2ccc(F)cc2F)C(c2ccco2)/C1=C(/O)c1ccc2c(c1)OCCO2. The van der Waals surface area contributed by atoms with Gasteiger partial charge in [0, 0.05) is 11.6 Å². The van der Waals surface area contributed by atoms with Gasteiger partial charge in [0.15, 0.2) is 11.5 Å². The van der Waals surface area contributed by atoms with Crippen LogP contribution in [0.3, 0.4) is 0 Å². The number of nitrogens with zero attached hydrogens (tertiary/aromatic N) is 1. The Morgan fingerprint density at radius 2 is 1.78 bits per heavy atom. The fourth-order valence-electron chi connectivity index (χ4n) is 3.82. The summed E-state index contributed by atoms with van der Waals surface area (Å²) in [7, 11) is 0. The van der Waals surface area contributed by atoms with E-state index in [2.05, 4.69) is 0 Å². The van der Waals surface area contributed by atoms with Gasteiger partial charge in [0.1, 0.15) is 42.4 Å². The molecule has 0 bridgehead atoms. The zero-order valence-corrected chi connectivity index (χ0v) is 16.4. The summed E-state index contributed by atoms with van der Waals surface area (Å²) in [4.78, 5) is 26.7. The van der Waals surface area contributed by atoms with E-state index in [0.717, 1.165) is 17.0 Å². The van der Waals surface area contributed by atoms with Crippen LogP contribution in [-0.4, -0.2) is 30.0 Å². The summed E-state index contributed by atoms with van der Waals surface area (Å²) in [6, 6.07) is 8.94. The van der Waals surface area contributed by atoms with Crippen molar-refractivity contribution in [1.82, 2.24) is 0 Å². The van der Waals surface area contributed by atoms with Crippen LogP contribution < -0.4 is 14.4 Å². The van der Waals surface area contributed by atoms with E-state index in [1.807, 2.05) is 0 Å². The van der Waals surface area contributed by atoms with Crippen molar-refractivity contribution in [3.63, 3.8) is 0 Å². The smallest absolute Gasteiger partial charge is 0.300 e. The first-order chi connectivity index (χ1) is 15.5. The van der Waals surface area contributed by atoms with Crippen LogP contribution in [0.5, 0.6) is 11.5 Å². The molecule has 3 aromatic rings. The van der Waals surface area contributed by atoms with Crippen LogP contribution in [0.2, 0.25) is 0 Å². The van der Waals surface area contributed by atoms with Gasteiger partial charge in [-0.3, -0.25) is 14.5 Å². The number of halogens is 2. The maximum atomic E-state index is 14.6. The number of amides is 1. The molecule has 0 spiro atoms. The van der Waals surface area contributed by atoms with E-state index in [0.29, 0.717) is 30.8 Å². The van der Waals surface area contributed by atoms with Crippen molar-refractivity contribution in [2.45, 2.75) is 6.04 Å². The van der Waals surface area contributed by atoms with Crippen molar-refractivity contribution in [3.05, 3.63) is 83.3 Å². The predicted octanol–water partition coefficient (Wildman–Crippen LogP) is 3.96. The molecule has 0 radical (unpaired) electrons. The van der Waals surface area contributed by atoms with Crippen LogP contribution in [0.1, 0.15) is 17.4 Å². The van der Waals surface area contributed by atoms with Gasteiger partial charge in [0.05, 0.1) is 17.5 Å². The molecule has 0 aliphatic carbocycles. The monoisotopic (exact) mass is 439 g/mol. The van der Waals surface area contributed by atoms with E-state index in [1.54, 1.807) is 6.07 Å². The number of hydrogen-bond acceptors (Lipinski definition) is 6. The number of anilines is 1. The maximum absolute atomic E-state index is 14.6. The number of rotatable bonds is 3. The number of benzene rings is 2. The fourth-order valence-corrected chi connectivity index (χ4v) is 3.82. The van der Waals surface area contributed by atoms with E-state index in [4.69, 9.17) is 13.9 Å². The minimum Gasteiger partial charge on any atom is -0.507 e. The van der Waals surface area contributed by atoms with Gasteiger partial charge in [-0.2, -0.15) is 0 Å². The summed E-state index contributed by atoms with van der Waals surface area (Å²) in [6.45, 7) is 0.697. The molecule has 1 fully saturated rings. The number of hydrogen-bond donors (Lipinski definition) is 1. The summed E-state index contributed by atoms with van der Waals surface area (Å²) >= 11 is 0. The second-order valence-electron chi connectivity index (χ2n) is 7.14. The molecule has 1 atom stereocenters. The van der Waals surface area contributed by atoms with Gasteiger partial charge >= 0.3 is 0 Å². The zero-order valence-electron chi connectivity index (χ0n) is 16.4. The third-order valence-electron chi connectivity index (χ3n) is 5.24. The number of aliphatic hydroxyl groups is 1. The van der Waals surface area contributed by atoms with Crippen molar-refractivity contribution in [1.29, 1.82) is 0 Å². The molecule has 3 heterocycles. The van der Waals surface area contributed by atoms with Gasteiger partial charge in [0.25, 0.3) is 11.7 Å². The maximum Gasteiger partial charge on any atom is 0.300 e. The minimum absolute atomic E-state index is 0.118. The average molecular weight is 439 g/mol. The molecule has 1 amide bonds. The first-order valence-electron chi connectivity index (χ1n) is 9.65. The molecule has 2 aliphatic heterocycles. The topological polar surface area (TPSA) is 89.2 Å². The van der Waals surface area contributed by atoms with Gasteiger partial charge in [0.2, 0.25) is 0 Å². The van der Waals surface area contributed by atoms with E-state index < -0.39 is 35.1 Å². The molecule has 162 valence electrons. The van der Waals surface area contributed by atoms with Crippen LogP contribution in [0, 0.1) is 11.6 Å². The molecule has 7 nitrogen and oxygen atoms in total. The third kappa shape index (κ3) is 3.09. The Kier molecular flexibility index (Phi) is 4.66. The Bertz CT molecular complexity index is 1270. The quantitative estimate of drug-likeness (QED) is 0.378. The highest BCUT2D eigenvalue weighted by Gasteiger charge is 2.49. The Morgan fingerprint density at radius 3 is 2.50 bits per heavy atom. The highest BCUT2D eigenvalue weighted by Crippen LogP contribution is 2.44. The lowest BCUT2D eigenvalue weighted by atomic mass is 9.99. The van der Waals surface area contributed by atoms with E-state index >= 15 is 0 Å². The number of ketones is 1.